The number of rotatable bonds is 6. The second-order valence-corrected chi connectivity index (χ2v) is 8.53. The summed E-state index contributed by atoms with van der Waals surface area (Å²) in [5, 5.41) is 6.06. The Morgan fingerprint density at radius 1 is 1.14 bits per heavy atom. The first-order chi connectivity index (χ1) is 14.1. The summed E-state index contributed by atoms with van der Waals surface area (Å²) in [7, 11) is 0. The molecule has 152 valence electrons. The van der Waals surface area contributed by atoms with Crippen LogP contribution in [-0.4, -0.2) is 58.8 Å². The normalized spacial score (nSPS) is 16.1. The van der Waals surface area contributed by atoms with E-state index < -0.39 is 6.04 Å². The van der Waals surface area contributed by atoms with Crippen LogP contribution in [-0.2, 0) is 22.6 Å². The molecule has 29 heavy (non-hydrogen) atoms. The first-order valence-electron chi connectivity index (χ1n) is 9.96. The number of amides is 2. The Morgan fingerprint density at radius 2 is 1.93 bits per heavy atom. The van der Waals surface area contributed by atoms with Gasteiger partial charge in [-0.15, -0.1) is 11.3 Å². The Hall–Kier alpha value is -2.64. The number of hydrogen-bond acceptors (Lipinski definition) is 4. The van der Waals surface area contributed by atoms with Crippen LogP contribution in [0.4, 0.5) is 0 Å². The SMILES string of the molecule is CC(=O)N[C@@H](Cc1c[nH]c2ccccc12)C(=O)N1CCN(Cc2cccs2)CC1. The van der Waals surface area contributed by atoms with E-state index in [1.807, 2.05) is 35.4 Å². The molecule has 3 heterocycles. The number of nitrogens with zero attached hydrogens (tertiary/aromatic N) is 2. The van der Waals surface area contributed by atoms with Crippen molar-refractivity contribution in [2.45, 2.75) is 25.9 Å². The lowest BCUT2D eigenvalue weighted by molar-refractivity contribution is -0.137. The molecular formula is C22H26N4O2S. The number of thiophene rings is 1. The van der Waals surface area contributed by atoms with E-state index in [1.54, 1.807) is 11.3 Å². The van der Waals surface area contributed by atoms with Gasteiger partial charge in [0.15, 0.2) is 0 Å². The lowest BCUT2D eigenvalue weighted by Crippen LogP contribution is -2.55. The zero-order valence-corrected chi connectivity index (χ0v) is 17.4. The summed E-state index contributed by atoms with van der Waals surface area (Å²) in [5.74, 6) is -0.180. The van der Waals surface area contributed by atoms with Crippen molar-refractivity contribution in [3.05, 3.63) is 58.4 Å². The van der Waals surface area contributed by atoms with E-state index in [9.17, 15) is 9.59 Å². The number of piperazine rings is 1. The molecule has 2 aromatic heterocycles. The average Bonchev–Trinajstić information content (AvgIpc) is 3.37. The fourth-order valence-corrected chi connectivity index (χ4v) is 4.68. The van der Waals surface area contributed by atoms with Crippen molar-refractivity contribution in [2.24, 2.45) is 0 Å². The van der Waals surface area contributed by atoms with Gasteiger partial charge >= 0.3 is 0 Å². The first kappa shape index (κ1) is 19.7. The second-order valence-electron chi connectivity index (χ2n) is 7.50. The third kappa shape index (κ3) is 4.68. The number of para-hydroxylation sites is 1. The summed E-state index contributed by atoms with van der Waals surface area (Å²) >= 11 is 1.77. The van der Waals surface area contributed by atoms with Gasteiger partial charge in [-0.25, -0.2) is 0 Å². The lowest BCUT2D eigenvalue weighted by Gasteiger charge is -2.36. The maximum atomic E-state index is 13.2. The molecule has 1 atom stereocenters. The smallest absolute Gasteiger partial charge is 0.245 e. The van der Waals surface area contributed by atoms with Gasteiger partial charge < -0.3 is 15.2 Å². The fraction of sp³-hybridized carbons (Fsp3) is 0.364. The van der Waals surface area contributed by atoms with Crippen LogP contribution in [0.2, 0.25) is 0 Å². The van der Waals surface area contributed by atoms with Gasteiger partial charge in [0.25, 0.3) is 0 Å². The number of aromatic nitrogens is 1. The molecule has 3 aromatic rings. The molecule has 0 saturated carbocycles. The molecule has 2 N–H and O–H groups in total. The van der Waals surface area contributed by atoms with Crippen LogP contribution < -0.4 is 5.32 Å². The van der Waals surface area contributed by atoms with Crippen LogP contribution in [0.1, 0.15) is 17.4 Å². The summed E-state index contributed by atoms with van der Waals surface area (Å²) in [4.78, 5) is 33.8. The van der Waals surface area contributed by atoms with Crippen LogP contribution in [0.15, 0.2) is 48.0 Å². The molecular weight excluding hydrogens is 384 g/mol. The summed E-state index contributed by atoms with van der Waals surface area (Å²) in [6, 6.07) is 11.7. The highest BCUT2D eigenvalue weighted by atomic mass is 32.1. The minimum absolute atomic E-state index is 0.00116. The number of nitrogens with one attached hydrogen (secondary N) is 2. The predicted molar refractivity (Wildman–Crippen MR) is 116 cm³/mol. The molecule has 0 aliphatic carbocycles. The third-order valence-electron chi connectivity index (χ3n) is 5.42. The lowest BCUT2D eigenvalue weighted by atomic mass is 10.0. The molecule has 0 spiro atoms. The highest BCUT2D eigenvalue weighted by Gasteiger charge is 2.29. The Balaban J connectivity index is 1.41. The molecule has 0 radical (unpaired) electrons. The zero-order chi connectivity index (χ0) is 20.2. The van der Waals surface area contributed by atoms with Crippen molar-refractivity contribution >= 4 is 34.1 Å². The first-order valence-corrected chi connectivity index (χ1v) is 10.8. The monoisotopic (exact) mass is 410 g/mol. The van der Waals surface area contributed by atoms with Crippen molar-refractivity contribution in [3.63, 3.8) is 0 Å². The Kier molecular flexibility index (Phi) is 5.97. The van der Waals surface area contributed by atoms with Crippen molar-refractivity contribution < 1.29 is 9.59 Å². The molecule has 1 aliphatic heterocycles. The molecule has 1 aromatic carbocycles. The number of hydrogen-bond donors (Lipinski definition) is 2. The van der Waals surface area contributed by atoms with Crippen molar-refractivity contribution in [1.82, 2.24) is 20.1 Å². The molecule has 1 fully saturated rings. The van der Waals surface area contributed by atoms with E-state index in [-0.39, 0.29) is 11.8 Å². The topological polar surface area (TPSA) is 68.4 Å². The van der Waals surface area contributed by atoms with Gasteiger partial charge in [-0.3, -0.25) is 14.5 Å². The van der Waals surface area contributed by atoms with Crippen LogP contribution in [0.25, 0.3) is 10.9 Å². The van der Waals surface area contributed by atoms with Gasteiger partial charge in [-0.05, 0) is 23.1 Å². The van der Waals surface area contributed by atoms with E-state index in [4.69, 9.17) is 0 Å². The highest BCUT2D eigenvalue weighted by Crippen LogP contribution is 2.20. The van der Waals surface area contributed by atoms with Crippen molar-refractivity contribution in [2.75, 3.05) is 26.2 Å². The van der Waals surface area contributed by atoms with Crippen LogP contribution in [0.5, 0.6) is 0 Å². The molecule has 1 aliphatic rings. The van der Waals surface area contributed by atoms with Gasteiger partial charge in [0.05, 0.1) is 0 Å². The van der Waals surface area contributed by atoms with Crippen LogP contribution in [0, 0.1) is 0 Å². The molecule has 4 rings (SSSR count). The van der Waals surface area contributed by atoms with E-state index in [2.05, 4.69) is 32.7 Å². The summed E-state index contributed by atoms with van der Waals surface area (Å²) in [5.41, 5.74) is 2.09. The fourth-order valence-electron chi connectivity index (χ4n) is 3.94. The Morgan fingerprint density at radius 3 is 2.66 bits per heavy atom. The van der Waals surface area contributed by atoms with E-state index in [0.29, 0.717) is 19.5 Å². The maximum absolute atomic E-state index is 13.2. The van der Waals surface area contributed by atoms with Crippen molar-refractivity contribution in [1.29, 1.82) is 0 Å². The van der Waals surface area contributed by atoms with Crippen LogP contribution >= 0.6 is 11.3 Å². The van der Waals surface area contributed by atoms with Gasteiger partial charge in [0, 0.05) is 68.0 Å². The minimum atomic E-state index is -0.546. The molecule has 0 unspecified atom stereocenters. The summed E-state index contributed by atoms with van der Waals surface area (Å²) in [6.07, 6.45) is 2.42. The minimum Gasteiger partial charge on any atom is -0.361 e. The second kappa shape index (κ2) is 8.80. The summed E-state index contributed by atoms with van der Waals surface area (Å²) in [6.45, 7) is 5.48. The third-order valence-corrected chi connectivity index (χ3v) is 6.28. The number of carbonyl (C=O) groups is 2. The standard InChI is InChI=1S/C22H26N4O2S/c1-16(27)24-21(13-17-14-23-20-7-3-2-6-19(17)20)22(28)26-10-8-25(9-11-26)15-18-5-4-12-29-18/h2-7,12,14,21,23H,8-11,13,15H2,1H3,(H,24,27)/t21-/m0/s1. The molecule has 6 nitrogen and oxygen atoms in total. The molecule has 1 saturated heterocycles. The quantitative estimate of drug-likeness (QED) is 0.656. The van der Waals surface area contributed by atoms with Crippen molar-refractivity contribution in [3.8, 4) is 0 Å². The number of carbonyl (C=O) groups excluding carboxylic acids is 2. The number of aromatic amines is 1. The largest absolute Gasteiger partial charge is 0.361 e. The Labute approximate surface area is 174 Å². The van der Waals surface area contributed by atoms with Gasteiger partial charge in [-0.1, -0.05) is 24.3 Å². The van der Waals surface area contributed by atoms with E-state index in [0.717, 1.165) is 36.1 Å². The maximum Gasteiger partial charge on any atom is 0.245 e. The van der Waals surface area contributed by atoms with Gasteiger partial charge in [0.2, 0.25) is 11.8 Å². The molecule has 7 heteroatoms. The zero-order valence-electron chi connectivity index (χ0n) is 16.6. The van der Waals surface area contributed by atoms with Gasteiger partial charge in [-0.2, -0.15) is 0 Å². The summed E-state index contributed by atoms with van der Waals surface area (Å²) < 4.78 is 0. The van der Waals surface area contributed by atoms with E-state index >= 15 is 0 Å². The van der Waals surface area contributed by atoms with Gasteiger partial charge in [0.1, 0.15) is 6.04 Å². The highest BCUT2D eigenvalue weighted by molar-refractivity contribution is 7.09. The van der Waals surface area contributed by atoms with Crippen LogP contribution in [0.3, 0.4) is 0 Å². The number of fused-ring (bicyclic) bond motifs is 1. The van der Waals surface area contributed by atoms with E-state index in [1.165, 1.54) is 11.8 Å². The number of benzene rings is 1. The Bertz CT molecular complexity index is 974. The molecule has 0 bridgehead atoms. The number of H-pyrrole nitrogens is 1. The predicted octanol–water partition coefficient (Wildman–Crippen LogP) is 2.62. The average molecular weight is 411 g/mol. The molecule has 2 amide bonds.